The Bertz CT molecular complexity index is 695. The molecule has 0 radical (unpaired) electrons. The predicted molar refractivity (Wildman–Crippen MR) is 82.6 cm³/mol. The van der Waals surface area contributed by atoms with Crippen LogP contribution in [0.3, 0.4) is 0 Å². The summed E-state index contributed by atoms with van der Waals surface area (Å²) in [6.45, 7) is 4.28. The van der Waals surface area contributed by atoms with Gasteiger partial charge in [0.1, 0.15) is 5.75 Å². The quantitative estimate of drug-likeness (QED) is 0.880. The van der Waals surface area contributed by atoms with Crippen molar-refractivity contribution < 1.29 is 27.8 Å². The lowest BCUT2D eigenvalue weighted by Gasteiger charge is -2.24. The predicted octanol–water partition coefficient (Wildman–Crippen LogP) is 2.58. The normalized spacial score (nSPS) is 19.8. The molecule has 0 bridgehead atoms. The SMILES string of the molecule is CC1(C)CN(CCCO)C(=O)[C@@H]1Oc1ccc(C#N)c(C(F)(F)F)c1. The maximum Gasteiger partial charge on any atom is 0.417 e. The lowest BCUT2D eigenvalue weighted by atomic mass is 9.89. The van der Waals surface area contributed by atoms with Crippen LogP contribution >= 0.6 is 0 Å². The number of nitrogens with zero attached hydrogens (tertiary/aromatic N) is 2. The van der Waals surface area contributed by atoms with Gasteiger partial charge < -0.3 is 14.7 Å². The molecule has 0 aliphatic carbocycles. The molecule has 1 fully saturated rings. The highest BCUT2D eigenvalue weighted by Gasteiger charge is 2.48. The number of nitriles is 1. The Morgan fingerprint density at radius 2 is 2.12 bits per heavy atom. The van der Waals surface area contributed by atoms with Crippen molar-refractivity contribution in [2.45, 2.75) is 32.5 Å². The third kappa shape index (κ3) is 4.04. The van der Waals surface area contributed by atoms with E-state index in [0.717, 1.165) is 12.1 Å². The summed E-state index contributed by atoms with van der Waals surface area (Å²) in [4.78, 5) is 14.0. The molecule has 0 spiro atoms. The van der Waals surface area contributed by atoms with E-state index in [1.165, 1.54) is 17.0 Å². The van der Waals surface area contributed by atoms with Crippen molar-refractivity contribution in [2.24, 2.45) is 5.41 Å². The van der Waals surface area contributed by atoms with E-state index in [4.69, 9.17) is 15.1 Å². The zero-order chi connectivity index (χ0) is 18.8. The van der Waals surface area contributed by atoms with Crippen molar-refractivity contribution in [3.8, 4) is 11.8 Å². The summed E-state index contributed by atoms with van der Waals surface area (Å²) in [7, 11) is 0. The van der Waals surface area contributed by atoms with E-state index in [-0.39, 0.29) is 18.3 Å². The summed E-state index contributed by atoms with van der Waals surface area (Å²) in [5, 5.41) is 17.7. The fourth-order valence-electron chi connectivity index (χ4n) is 2.88. The Balaban J connectivity index is 2.27. The van der Waals surface area contributed by atoms with Crippen molar-refractivity contribution in [2.75, 3.05) is 19.7 Å². The highest BCUT2D eigenvalue weighted by atomic mass is 19.4. The van der Waals surface area contributed by atoms with E-state index in [2.05, 4.69) is 0 Å². The van der Waals surface area contributed by atoms with Crippen LogP contribution in [0, 0.1) is 16.7 Å². The molecule has 1 aliphatic rings. The first-order valence-electron chi connectivity index (χ1n) is 7.78. The number of aliphatic hydroxyl groups excluding tert-OH is 1. The van der Waals surface area contributed by atoms with Crippen LogP contribution < -0.4 is 4.74 Å². The van der Waals surface area contributed by atoms with Crippen molar-refractivity contribution in [1.29, 1.82) is 5.26 Å². The molecule has 0 unspecified atom stereocenters. The molecule has 0 aromatic heterocycles. The van der Waals surface area contributed by atoms with Gasteiger partial charge in [-0.2, -0.15) is 18.4 Å². The largest absolute Gasteiger partial charge is 0.480 e. The molecular weight excluding hydrogens is 337 g/mol. The third-order valence-corrected chi connectivity index (χ3v) is 4.10. The van der Waals surface area contributed by atoms with Crippen LogP contribution in [-0.4, -0.2) is 41.7 Å². The zero-order valence-corrected chi connectivity index (χ0v) is 13.9. The van der Waals surface area contributed by atoms with Crippen LogP contribution in [0.5, 0.6) is 5.75 Å². The van der Waals surface area contributed by atoms with Crippen molar-refractivity contribution in [3.63, 3.8) is 0 Å². The molecule has 136 valence electrons. The first kappa shape index (κ1) is 19.1. The number of carbonyl (C=O) groups excluding carboxylic acids is 1. The maximum atomic E-state index is 13.1. The van der Waals surface area contributed by atoms with Crippen LogP contribution in [0.2, 0.25) is 0 Å². The van der Waals surface area contributed by atoms with Crippen molar-refractivity contribution >= 4 is 5.91 Å². The summed E-state index contributed by atoms with van der Waals surface area (Å²) in [5.74, 6) is -0.432. The Morgan fingerprint density at radius 3 is 2.68 bits per heavy atom. The van der Waals surface area contributed by atoms with Gasteiger partial charge in [-0.25, -0.2) is 0 Å². The second-order valence-electron chi connectivity index (χ2n) is 6.64. The number of halogens is 3. The van der Waals surface area contributed by atoms with Gasteiger partial charge in [0.15, 0.2) is 6.10 Å². The first-order chi connectivity index (χ1) is 11.6. The number of amides is 1. The molecule has 1 heterocycles. The Morgan fingerprint density at radius 1 is 1.44 bits per heavy atom. The average molecular weight is 356 g/mol. The van der Waals surface area contributed by atoms with Gasteiger partial charge in [-0.05, 0) is 24.6 Å². The molecule has 25 heavy (non-hydrogen) atoms. The molecule has 1 aliphatic heterocycles. The van der Waals surface area contributed by atoms with E-state index >= 15 is 0 Å². The Kier molecular flexibility index (Phi) is 5.28. The molecule has 2 rings (SSSR count). The smallest absolute Gasteiger partial charge is 0.417 e. The average Bonchev–Trinajstić information content (AvgIpc) is 2.75. The van der Waals surface area contributed by atoms with Gasteiger partial charge in [-0.15, -0.1) is 0 Å². The number of carbonyl (C=O) groups is 1. The molecule has 1 aromatic rings. The summed E-state index contributed by atoms with van der Waals surface area (Å²) in [5.41, 5.74) is -2.19. The lowest BCUT2D eigenvalue weighted by molar-refractivity contribution is -0.138. The summed E-state index contributed by atoms with van der Waals surface area (Å²) < 4.78 is 44.7. The van der Waals surface area contributed by atoms with Gasteiger partial charge in [-0.3, -0.25) is 4.79 Å². The monoisotopic (exact) mass is 356 g/mol. The van der Waals surface area contributed by atoms with E-state index in [0.29, 0.717) is 19.5 Å². The van der Waals surface area contributed by atoms with Gasteiger partial charge in [-0.1, -0.05) is 13.8 Å². The molecule has 5 nitrogen and oxygen atoms in total. The van der Waals surface area contributed by atoms with E-state index in [1.807, 2.05) is 0 Å². The molecule has 1 aromatic carbocycles. The number of likely N-dealkylation sites (tertiary alicyclic amines) is 1. The summed E-state index contributed by atoms with van der Waals surface area (Å²) >= 11 is 0. The van der Waals surface area contributed by atoms with Crippen molar-refractivity contribution in [1.82, 2.24) is 4.90 Å². The van der Waals surface area contributed by atoms with Gasteiger partial charge in [0.25, 0.3) is 5.91 Å². The van der Waals surface area contributed by atoms with Crippen LogP contribution in [0.1, 0.15) is 31.4 Å². The second kappa shape index (κ2) is 6.92. The zero-order valence-electron chi connectivity index (χ0n) is 13.9. The third-order valence-electron chi connectivity index (χ3n) is 4.10. The van der Waals surface area contributed by atoms with Crippen LogP contribution in [0.15, 0.2) is 18.2 Å². The summed E-state index contributed by atoms with van der Waals surface area (Å²) in [6, 6.07) is 4.55. The minimum atomic E-state index is -4.69. The summed E-state index contributed by atoms with van der Waals surface area (Å²) in [6.07, 6.45) is -5.20. The highest BCUT2D eigenvalue weighted by Crippen LogP contribution is 2.37. The van der Waals surface area contributed by atoms with E-state index in [1.54, 1.807) is 13.8 Å². The lowest BCUT2D eigenvalue weighted by Crippen LogP contribution is -2.37. The number of aliphatic hydroxyl groups is 1. The molecule has 1 N–H and O–H groups in total. The molecule has 1 amide bonds. The number of ether oxygens (including phenoxy) is 1. The maximum absolute atomic E-state index is 13.1. The van der Waals surface area contributed by atoms with Crippen LogP contribution in [0.4, 0.5) is 13.2 Å². The van der Waals surface area contributed by atoms with Gasteiger partial charge >= 0.3 is 6.18 Å². The highest BCUT2D eigenvalue weighted by molar-refractivity contribution is 5.84. The van der Waals surface area contributed by atoms with E-state index < -0.39 is 28.8 Å². The van der Waals surface area contributed by atoms with Crippen molar-refractivity contribution in [3.05, 3.63) is 29.3 Å². The first-order valence-corrected chi connectivity index (χ1v) is 7.78. The van der Waals surface area contributed by atoms with E-state index in [9.17, 15) is 18.0 Å². The van der Waals surface area contributed by atoms with Crippen LogP contribution in [0.25, 0.3) is 0 Å². The minimum Gasteiger partial charge on any atom is -0.480 e. The Hall–Kier alpha value is -2.27. The number of hydrogen-bond donors (Lipinski definition) is 1. The van der Waals surface area contributed by atoms with Crippen LogP contribution in [-0.2, 0) is 11.0 Å². The fourth-order valence-corrected chi connectivity index (χ4v) is 2.88. The molecular formula is C17H19F3N2O3. The Labute approximate surface area is 143 Å². The number of alkyl halides is 3. The molecule has 1 saturated heterocycles. The van der Waals surface area contributed by atoms with Gasteiger partial charge in [0.05, 0.1) is 17.2 Å². The van der Waals surface area contributed by atoms with Gasteiger partial charge in [0.2, 0.25) is 0 Å². The fraction of sp³-hybridized carbons (Fsp3) is 0.529. The molecule has 8 heteroatoms. The minimum absolute atomic E-state index is 0.0553. The van der Waals surface area contributed by atoms with Gasteiger partial charge in [0, 0.05) is 25.1 Å². The number of rotatable bonds is 5. The topological polar surface area (TPSA) is 73.6 Å². The standard InChI is InChI=1S/C17H19F3N2O3/c1-16(2)10-22(6-3-7-23)15(24)14(16)25-12-5-4-11(9-21)13(8-12)17(18,19)20/h4-5,8,14,23H,3,6-7,10H2,1-2H3/t14-/m0/s1. The molecule has 0 saturated carbocycles. The number of hydrogen-bond acceptors (Lipinski definition) is 4. The number of benzene rings is 1. The molecule has 1 atom stereocenters. The second-order valence-corrected chi connectivity index (χ2v) is 6.64.